The van der Waals surface area contributed by atoms with Crippen LogP contribution < -0.4 is 11.3 Å². The zero-order valence-electron chi connectivity index (χ0n) is 18.3. The number of hydrogen-bond acceptors (Lipinski definition) is 6. The molecule has 0 aromatic carbocycles. The molecule has 0 unspecified atom stereocenters. The summed E-state index contributed by atoms with van der Waals surface area (Å²) in [5.74, 6) is -0.383. The number of aromatic nitrogens is 2. The van der Waals surface area contributed by atoms with Gasteiger partial charge in [-0.15, -0.1) is 0 Å². The summed E-state index contributed by atoms with van der Waals surface area (Å²) in [5, 5.41) is 4.36. The van der Waals surface area contributed by atoms with Gasteiger partial charge >= 0.3 is 5.97 Å². The molecule has 0 aliphatic heterocycles. The highest BCUT2D eigenvalue weighted by atomic mass is 16.5. The van der Waals surface area contributed by atoms with Crippen LogP contribution in [0.1, 0.15) is 57.8 Å². The molecule has 0 radical (unpaired) electrons. The molecule has 1 aromatic heterocycles. The minimum atomic E-state index is -0.685. The Balaban J connectivity index is 0.000000887. The van der Waals surface area contributed by atoms with Crippen molar-refractivity contribution in [2.24, 2.45) is 11.7 Å². The van der Waals surface area contributed by atoms with Gasteiger partial charge in [-0.1, -0.05) is 20.8 Å². The topological polar surface area (TPSA) is 108 Å². The molecule has 1 atom stereocenters. The zero-order chi connectivity index (χ0) is 21.9. The highest BCUT2D eigenvalue weighted by Gasteiger charge is 2.22. The van der Waals surface area contributed by atoms with E-state index in [0.717, 1.165) is 18.7 Å². The number of likely N-dealkylation sites (N-methyl/N-ethyl adjacent to an activating group) is 1. The van der Waals surface area contributed by atoms with E-state index in [1.54, 1.807) is 26.8 Å². The molecule has 0 aliphatic carbocycles. The lowest BCUT2D eigenvalue weighted by atomic mass is 10.0. The van der Waals surface area contributed by atoms with Gasteiger partial charge < -0.3 is 15.4 Å². The van der Waals surface area contributed by atoms with E-state index >= 15 is 0 Å². The van der Waals surface area contributed by atoms with Crippen molar-refractivity contribution in [1.82, 2.24) is 14.7 Å². The van der Waals surface area contributed by atoms with Crippen LogP contribution in [0.2, 0.25) is 0 Å². The van der Waals surface area contributed by atoms with E-state index in [2.05, 4.69) is 9.84 Å². The van der Waals surface area contributed by atoms with E-state index in [-0.39, 0.29) is 17.4 Å². The third-order valence-corrected chi connectivity index (χ3v) is 3.89. The Morgan fingerprint density at radius 1 is 1.29 bits per heavy atom. The summed E-state index contributed by atoms with van der Waals surface area (Å²) in [4.78, 5) is 36.2. The molecule has 8 nitrogen and oxygen atoms in total. The molecule has 0 saturated heterocycles. The van der Waals surface area contributed by atoms with Crippen molar-refractivity contribution in [2.45, 2.75) is 59.9 Å². The van der Waals surface area contributed by atoms with Gasteiger partial charge in [-0.25, -0.2) is 4.68 Å². The Kier molecular flexibility index (Phi) is 12.0. The number of primary amides is 1. The molecule has 8 heteroatoms. The number of aryl methyl sites for hydroxylation is 1. The summed E-state index contributed by atoms with van der Waals surface area (Å²) in [6.07, 6.45) is 1.72. The SMILES string of the molecule is CCOC(=O)CC.Cc1cc(CCN(C)C)nn([C@@H](CC(C)C)C(N)=O)c1=O. The molecule has 0 saturated carbocycles. The predicted octanol–water partition coefficient (Wildman–Crippen LogP) is 1.69. The number of carbonyl (C=O) groups is 2. The molecule has 0 fully saturated rings. The van der Waals surface area contributed by atoms with Gasteiger partial charge in [0.2, 0.25) is 5.91 Å². The van der Waals surface area contributed by atoms with E-state index < -0.39 is 11.9 Å². The van der Waals surface area contributed by atoms with Crippen LogP contribution in [0.3, 0.4) is 0 Å². The van der Waals surface area contributed by atoms with Crippen LogP contribution in [0.25, 0.3) is 0 Å². The first-order valence-corrected chi connectivity index (χ1v) is 9.72. The van der Waals surface area contributed by atoms with Crippen LogP contribution in [0.4, 0.5) is 0 Å². The number of ether oxygens (including phenoxy) is 1. The van der Waals surface area contributed by atoms with Gasteiger partial charge in [-0.2, -0.15) is 5.10 Å². The lowest BCUT2D eigenvalue weighted by Crippen LogP contribution is -2.38. The molecular weight excluding hydrogens is 360 g/mol. The van der Waals surface area contributed by atoms with Crippen molar-refractivity contribution in [1.29, 1.82) is 0 Å². The summed E-state index contributed by atoms with van der Waals surface area (Å²) in [5.41, 5.74) is 6.61. The van der Waals surface area contributed by atoms with Crippen LogP contribution in [0.15, 0.2) is 10.9 Å². The molecule has 1 amide bonds. The van der Waals surface area contributed by atoms with Crippen LogP contribution in [0, 0.1) is 12.8 Å². The maximum Gasteiger partial charge on any atom is 0.305 e. The van der Waals surface area contributed by atoms with Gasteiger partial charge in [0, 0.05) is 24.9 Å². The van der Waals surface area contributed by atoms with Crippen LogP contribution in [-0.2, 0) is 20.7 Å². The second-order valence-corrected chi connectivity index (χ2v) is 7.33. The van der Waals surface area contributed by atoms with Crippen LogP contribution in [-0.4, -0.2) is 53.8 Å². The molecular formula is C20H36N4O4. The molecule has 1 rings (SSSR count). The van der Waals surface area contributed by atoms with Crippen molar-refractivity contribution in [2.75, 3.05) is 27.2 Å². The van der Waals surface area contributed by atoms with E-state index in [1.807, 2.05) is 32.8 Å². The van der Waals surface area contributed by atoms with E-state index in [4.69, 9.17) is 5.73 Å². The van der Waals surface area contributed by atoms with Gasteiger partial charge in [0.05, 0.1) is 12.3 Å². The quantitative estimate of drug-likeness (QED) is 0.637. The molecule has 0 aliphatic rings. The van der Waals surface area contributed by atoms with Gasteiger partial charge in [-0.3, -0.25) is 14.4 Å². The molecule has 1 heterocycles. The Bertz CT molecular complexity index is 683. The first kappa shape index (κ1) is 25.8. The summed E-state index contributed by atoms with van der Waals surface area (Å²) in [7, 11) is 3.96. The first-order chi connectivity index (χ1) is 13.0. The van der Waals surface area contributed by atoms with Crippen molar-refractivity contribution < 1.29 is 14.3 Å². The maximum atomic E-state index is 12.3. The van der Waals surface area contributed by atoms with Crippen molar-refractivity contribution in [3.8, 4) is 0 Å². The highest BCUT2D eigenvalue weighted by Crippen LogP contribution is 2.15. The fourth-order valence-corrected chi connectivity index (χ4v) is 2.42. The smallest absolute Gasteiger partial charge is 0.305 e. The molecule has 2 N–H and O–H groups in total. The number of nitrogens with two attached hydrogens (primary N) is 1. The third-order valence-electron chi connectivity index (χ3n) is 3.89. The number of esters is 1. The summed E-state index contributed by atoms with van der Waals surface area (Å²) in [6, 6.07) is 1.10. The second-order valence-electron chi connectivity index (χ2n) is 7.33. The number of rotatable bonds is 9. The summed E-state index contributed by atoms with van der Waals surface area (Å²) >= 11 is 0. The maximum absolute atomic E-state index is 12.3. The lowest BCUT2D eigenvalue weighted by Gasteiger charge is -2.19. The number of nitrogens with zero attached hydrogens (tertiary/aromatic N) is 3. The molecule has 0 bridgehead atoms. The second kappa shape index (κ2) is 13.0. The van der Waals surface area contributed by atoms with Crippen LogP contribution in [0.5, 0.6) is 0 Å². The highest BCUT2D eigenvalue weighted by molar-refractivity contribution is 5.78. The van der Waals surface area contributed by atoms with Crippen LogP contribution >= 0.6 is 0 Å². The average molecular weight is 397 g/mol. The minimum absolute atomic E-state index is 0.123. The number of carbonyl (C=O) groups excluding carboxylic acids is 2. The van der Waals surface area contributed by atoms with Gasteiger partial charge in [0.15, 0.2) is 0 Å². The summed E-state index contributed by atoms with van der Waals surface area (Å²) in [6.45, 7) is 10.6. The zero-order valence-corrected chi connectivity index (χ0v) is 18.3. The van der Waals surface area contributed by atoms with Crippen molar-refractivity contribution in [3.63, 3.8) is 0 Å². The van der Waals surface area contributed by atoms with E-state index in [1.165, 1.54) is 4.68 Å². The fraction of sp³-hybridized carbons (Fsp3) is 0.700. The normalized spacial score (nSPS) is 11.8. The Morgan fingerprint density at radius 3 is 2.29 bits per heavy atom. The Labute approximate surface area is 168 Å². The molecule has 0 spiro atoms. The largest absolute Gasteiger partial charge is 0.466 e. The van der Waals surface area contributed by atoms with Crippen molar-refractivity contribution >= 4 is 11.9 Å². The fourth-order valence-electron chi connectivity index (χ4n) is 2.42. The first-order valence-electron chi connectivity index (χ1n) is 9.72. The molecule has 28 heavy (non-hydrogen) atoms. The Hall–Kier alpha value is -2.22. The lowest BCUT2D eigenvalue weighted by molar-refractivity contribution is -0.142. The van der Waals surface area contributed by atoms with Gasteiger partial charge in [-0.05, 0) is 46.3 Å². The standard InChI is InChI=1S/C15H26N4O2.C5H10O2/c1-10(2)8-13(14(16)20)19-15(21)11(3)9-12(17-19)6-7-18(4)5;1-3-5(6)7-4-2/h9-10,13H,6-8H2,1-5H3,(H2,16,20);3-4H2,1-2H3/t13-;/m0./s1. The van der Waals surface area contributed by atoms with E-state index in [9.17, 15) is 14.4 Å². The van der Waals surface area contributed by atoms with Gasteiger partial charge in [0.1, 0.15) is 6.04 Å². The average Bonchev–Trinajstić information content (AvgIpc) is 2.61. The Morgan fingerprint density at radius 2 is 1.89 bits per heavy atom. The molecule has 1 aromatic rings. The number of amides is 1. The minimum Gasteiger partial charge on any atom is -0.466 e. The monoisotopic (exact) mass is 396 g/mol. The van der Waals surface area contributed by atoms with Crippen molar-refractivity contribution in [3.05, 3.63) is 27.7 Å². The molecule has 160 valence electrons. The van der Waals surface area contributed by atoms with E-state index in [0.29, 0.717) is 25.0 Å². The number of hydrogen-bond donors (Lipinski definition) is 1. The van der Waals surface area contributed by atoms with Gasteiger partial charge in [0.25, 0.3) is 5.56 Å². The summed E-state index contributed by atoms with van der Waals surface area (Å²) < 4.78 is 5.82. The third kappa shape index (κ3) is 9.64. The predicted molar refractivity (Wildman–Crippen MR) is 110 cm³/mol.